The number of carbonyl (C=O) groups is 2. The van der Waals surface area contributed by atoms with Crippen LogP contribution in [0.5, 0.6) is 11.5 Å². The van der Waals surface area contributed by atoms with Crippen LogP contribution < -0.4 is 14.9 Å². The van der Waals surface area contributed by atoms with E-state index in [1.165, 1.54) is 30.5 Å². The summed E-state index contributed by atoms with van der Waals surface area (Å²) in [7, 11) is 0. The van der Waals surface area contributed by atoms with Crippen molar-refractivity contribution in [2.45, 2.75) is 0 Å². The number of hydrogen-bond acceptors (Lipinski definition) is 7. The fourth-order valence-electron chi connectivity index (χ4n) is 3.18. The number of nitro benzene ring substituents is 1. The molecule has 174 valence electrons. The van der Waals surface area contributed by atoms with Gasteiger partial charge in [0.25, 0.3) is 11.6 Å². The highest BCUT2D eigenvalue weighted by atomic mass is 16.6. The van der Waals surface area contributed by atoms with Crippen molar-refractivity contribution in [3.05, 3.63) is 112 Å². The minimum absolute atomic E-state index is 0.114. The summed E-state index contributed by atoms with van der Waals surface area (Å²) in [6.07, 6.45) is 1.44. The number of ether oxygens (including phenoxy) is 2. The zero-order valence-corrected chi connectivity index (χ0v) is 18.3. The third kappa shape index (κ3) is 6.05. The van der Waals surface area contributed by atoms with Crippen LogP contribution in [0.15, 0.2) is 96.1 Å². The average molecular weight is 469 g/mol. The lowest BCUT2D eigenvalue weighted by molar-refractivity contribution is -0.384. The molecule has 4 aromatic carbocycles. The first-order valence-electron chi connectivity index (χ1n) is 10.5. The van der Waals surface area contributed by atoms with E-state index in [-0.39, 0.29) is 23.6 Å². The molecule has 9 nitrogen and oxygen atoms in total. The molecule has 9 heteroatoms. The second kappa shape index (κ2) is 10.7. The van der Waals surface area contributed by atoms with Crippen molar-refractivity contribution in [2.24, 2.45) is 5.10 Å². The SMILES string of the molecule is O=C(COc1cccc2ccccc12)N/N=C\c1ccc(OC(=O)c2ccc([N+](=O)[O-])cc2)cc1. The van der Waals surface area contributed by atoms with Crippen molar-refractivity contribution < 1.29 is 24.0 Å². The molecule has 0 aromatic heterocycles. The predicted molar refractivity (Wildman–Crippen MR) is 130 cm³/mol. The molecule has 0 heterocycles. The van der Waals surface area contributed by atoms with Crippen LogP contribution in [-0.2, 0) is 4.79 Å². The van der Waals surface area contributed by atoms with Gasteiger partial charge < -0.3 is 9.47 Å². The Morgan fingerprint density at radius 1 is 0.914 bits per heavy atom. The summed E-state index contributed by atoms with van der Waals surface area (Å²) < 4.78 is 10.9. The molecule has 1 amide bonds. The maximum absolute atomic E-state index is 12.2. The lowest BCUT2D eigenvalue weighted by atomic mass is 10.1. The second-order valence-electron chi connectivity index (χ2n) is 7.32. The summed E-state index contributed by atoms with van der Waals surface area (Å²) in [4.78, 5) is 34.4. The van der Waals surface area contributed by atoms with Gasteiger partial charge in [0, 0.05) is 17.5 Å². The molecule has 0 aliphatic rings. The van der Waals surface area contributed by atoms with Gasteiger partial charge in [0.05, 0.1) is 16.7 Å². The van der Waals surface area contributed by atoms with Crippen molar-refractivity contribution in [2.75, 3.05) is 6.61 Å². The molecule has 0 saturated carbocycles. The molecule has 0 atom stereocenters. The van der Waals surface area contributed by atoms with Gasteiger partial charge in [-0.3, -0.25) is 14.9 Å². The number of non-ortho nitro benzene ring substituents is 1. The number of nitrogens with zero attached hydrogens (tertiary/aromatic N) is 2. The van der Waals surface area contributed by atoms with E-state index in [9.17, 15) is 19.7 Å². The van der Waals surface area contributed by atoms with Gasteiger partial charge in [0.15, 0.2) is 6.61 Å². The summed E-state index contributed by atoms with van der Waals surface area (Å²) in [6.45, 7) is -0.192. The predicted octanol–water partition coefficient (Wildman–Crippen LogP) is 4.50. The van der Waals surface area contributed by atoms with E-state index < -0.39 is 16.8 Å². The maximum Gasteiger partial charge on any atom is 0.343 e. The first-order valence-corrected chi connectivity index (χ1v) is 10.5. The Bertz CT molecular complexity index is 1390. The van der Waals surface area contributed by atoms with E-state index in [0.717, 1.165) is 10.8 Å². The highest BCUT2D eigenvalue weighted by Gasteiger charge is 2.11. The van der Waals surface area contributed by atoms with Crippen LogP contribution in [0.25, 0.3) is 10.8 Å². The normalized spacial score (nSPS) is 10.7. The van der Waals surface area contributed by atoms with Gasteiger partial charge in [-0.15, -0.1) is 0 Å². The Morgan fingerprint density at radius 3 is 2.37 bits per heavy atom. The Balaban J connectivity index is 1.27. The van der Waals surface area contributed by atoms with Crippen molar-refractivity contribution >= 4 is 34.6 Å². The highest BCUT2D eigenvalue weighted by molar-refractivity contribution is 5.91. The Morgan fingerprint density at radius 2 is 1.63 bits per heavy atom. The lowest BCUT2D eigenvalue weighted by Gasteiger charge is -2.08. The number of hydrazone groups is 1. The molecular formula is C26H19N3O6. The number of carbonyl (C=O) groups excluding carboxylic acids is 2. The number of esters is 1. The first-order chi connectivity index (χ1) is 17.0. The van der Waals surface area contributed by atoms with Crippen molar-refractivity contribution in [3.63, 3.8) is 0 Å². The standard InChI is InChI=1S/C26H19N3O6/c30-25(17-34-24-7-3-5-19-4-1-2-6-23(19)24)28-27-16-18-8-14-22(15-9-18)35-26(31)20-10-12-21(13-11-20)29(32)33/h1-16H,17H2,(H,28,30)/b27-16-. The van der Waals surface area contributed by atoms with E-state index in [1.54, 1.807) is 30.3 Å². The number of hydrogen-bond donors (Lipinski definition) is 1. The quantitative estimate of drug-likeness (QED) is 0.133. The summed E-state index contributed by atoms with van der Waals surface area (Å²) in [5.74, 6) is -0.151. The van der Waals surface area contributed by atoms with E-state index in [1.807, 2.05) is 36.4 Å². The molecule has 4 aromatic rings. The summed E-state index contributed by atoms with van der Waals surface area (Å²) in [5.41, 5.74) is 3.14. The van der Waals surface area contributed by atoms with Crippen molar-refractivity contribution in [1.29, 1.82) is 0 Å². The first kappa shape index (κ1) is 23.1. The molecule has 1 N–H and O–H groups in total. The van der Waals surface area contributed by atoms with Gasteiger partial charge in [-0.1, -0.05) is 36.4 Å². The Kier molecular flexibility index (Phi) is 7.08. The maximum atomic E-state index is 12.2. The molecule has 0 saturated heterocycles. The fourth-order valence-corrected chi connectivity index (χ4v) is 3.18. The van der Waals surface area contributed by atoms with Crippen LogP contribution in [-0.4, -0.2) is 29.6 Å². The van der Waals surface area contributed by atoms with E-state index in [0.29, 0.717) is 11.3 Å². The summed E-state index contributed by atoms with van der Waals surface area (Å²) in [6, 6.07) is 24.9. The van der Waals surface area contributed by atoms with E-state index >= 15 is 0 Å². The van der Waals surface area contributed by atoms with Gasteiger partial charge in [-0.25, -0.2) is 10.2 Å². The number of nitrogens with one attached hydrogen (secondary N) is 1. The van der Waals surface area contributed by atoms with Crippen molar-refractivity contribution in [1.82, 2.24) is 5.43 Å². The largest absolute Gasteiger partial charge is 0.483 e. The van der Waals surface area contributed by atoms with Gasteiger partial charge in [0.1, 0.15) is 11.5 Å². The molecule has 0 unspecified atom stereocenters. The average Bonchev–Trinajstić information content (AvgIpc) is 2.88. The van der Waals surface area contributed by atoms with E-state index in [4.69, 9.17) is 9.47 Å². The van der Waals surface area contributed by atoms with Crippen LogP contribution in [0.4, 0.5) is 5.69 Å². The molecule has 0 aliphatic carbocycles. The minimum atomic E-state index is -0.639. The van der Waals surface area contributed by atoms with Crippen LogP contribution in [0, 0.1) is 10.1 Å². The van der Waals surface area contributed by atoms with Gasteiger partial charge in [-0.2, -0.15) is 5.10 Å². The third-order valence-electron chi connectivity index (χ3n) is 4.92. The summed E-state index contributed by atoms with van der Waals surface area (Å²) in [5, 5.41) is 16.5. The van der Waals surface area contributed by atoms with Gasteiger partial charge >= 0.3 is 5.97 Å². The third-order valence-corrected chi connectivity index (χ3v) is 4.92. The highest BCUT2D eigenvalue weighted by Crippen LogP contribution is 2.25. The van der Waals surface area contributed by atoms with Crippen LogP contribution >= 0.6 is 0 Å². The molecule has 0 fully saturated rings. The monoisotopic (exact) mass is 469 g/mol. The number of rotatable bonds is 8. The molecule has 4 rings (SSSR count). The van der Waals surface area contributed by atoms with Crippen LogP contribution in [0.1, 0.15) is 15.9 Å². The molecule has 0 bridgehead atoms. The lowest BCUT2D eigenvalue weighted by Crippen LogP contribution is -2.24. The van der Waals surface area contributed by atoms with Gasteiger partial charge in [-0.05, 0) is 53.4 Å². The van der Waals surface area contributed by atoms with Crippen LogP contribution in [0.3, 0.4) is 0 Å². The second-order valence-corrected chi connectivity index (χ2v) is 7.32. The van der Waals surface area contributed by atoms with Crippen molar-refractivity contribution in [3.8, 4) is 11.5 Å². The number of benzene rings is 4. The zero-order valence-electron chi connectivity index (χ0n) is 18.3. The molecule has 0 spiro atoms. The minimum Gasteiger partial charge on any atom is -0.483 e. The zero-order chi connectivity index (χ0) is 24.6. The topological polar surface area (TPSA) is 120 Å². The Hall–Kier alpha value is -5.05. The van der Waals surface area contributed by atoms with Gasteiger partial charge in [0.2, 0.25) is 0 Å². The number of amides is 1. The molecule has 35 heavy (non-hydrogen) atoms. The fraction of sp³-hybridized carbons (Fsp3) is 0.0385. The molecular weight excluding hydrogens is 450 g/mol. The smallest absolute Gasteiger partial charge is 0.343 e. The Labute approximate surface area is 199 Å². The number of nitro groups is 1. The van der Waals surface area contributed by atoms with Crippen LogP contribution in [0.2, 0.25) is 0 Å². The van der Waals surface area contributed by atoms with E-state index in [2.05, 4.69) is 10.5 Å². The number of fused-ring (bicyclic) bond motifs is 1. The molecule has 0 radical (unpaired) electrons. The summed E-state index contributed by atoms with van der Waals surface area (Å²) >= 11 is 0. The molecule has 0 aliphatic heterocycles.